The van der Waals surface area contributed by atoms with Crippen LogP contribution in [0.5, 0.6) is 0 Å². The molecule has 1 rings (SSSR count). The van der Waals surface area contributed by atoms with E-state index in [9.17, 15) is 18.0 Å². The minimum atomic E-state index is -5.08. The molecule has 0 aliphatic carbocycles. The largest absolute Gasteiger partial charge is 0.490 e. The summed E-state index contributed by atoms with van der Waals surface area (Å²) in [5.41, 5.74) is 1.18. The molecule has 1 atom stereocenters. The van der Waals surface area contributed by atoms with Gasteiger partial charge in [0.05, 0.1) is 6.04 Å². The maximum Gasteiger partial charge on any atom is 0.490 e. The average molecular weight is 394 g/mol. The molecule has 0 fully saturated rings. The van der Waals surface area contributed by atoms with Crippen LogP contribution in [0.15, 0.2) is 30.3 Å². The summed E-state index contributed by atoms with van der Waals surface area (Å²) in [5, 5.41) is 13.2. The number of alkyl halides is 3. The Hall–Kier alpha value is -1.74. The van der Waals surface area contributed by atoms with Crippen molar-refractivity contribution in [3.63, 3.8) is 0 Å². The number of carboxylic acid groups (broad SMARTS) is 1. The van der Waals surface area contributed by atoms with E-state index in [0.717, 1.165) is 24.5 Å². The first-order valence-electron chi connectivity index (χ1n) is 8.09. The summed E-state index contributed by atoms with van der Waals surface area (Å²) in [6, 6.07) is 9.94. The van der Waals surface area contributed by atoms with Gasteiger partial charge in [-0.05, 0) is 31.2 Å². The smallest absolute Gasteiger partial charge is 0.475 e. The summed E-state index contributed by atoms with van der Waals surface area (Å²) in [6.45, 7) is 2.92. The highest BCUT2D eigenvalue weighted by atomic mass is 32.2. The van der Waals surface area contributed by atoms with Gasteiger partial charge in [-0.25, -0.2) is 4.79 Å². The molecule has 1 amide bonds. The van der Waals surface area contributed by atoms with Gasteiger partial charge in [0.25, 0.3) is 0 Å². The SMILES string of the molecule is CCCSCCNC(=O)[C@H](Cc1ccccc1)NC.O=C(O)C(F)(F)F. The van der Waals surface area contributed by atoms with E-state index < -0.39 is 12.1 Å². The number of amides is 1. The molecule has 0 saturated carbocycles. The highest BCUT2D eigenvalue weighted by Gasteiger charge is 2.38. The van der Waals surface area contributed by atoms with E-state index in [2.05, 4.69) is 29.7 Å². The third-order valence-electron chi connectivity index (χ3n) is 3.08. The van der Waals surface area contributed by atoms with Gasteiger partial charge < -0.3 is 15.7 Å². The molecule has 0 spiro atoms. The van der Waals surface area contributed by atoms with Crippen molar-refractivity contribution in [3.05, 3.63) is 35.9 Å². The predicted molar refractivity (Wildman–Crippen MR) is 97.3 cm³/mol. The predicted octanol–water partition coefficient (Wildman–Crippen LogP) is 2.71. The minimum absolute atomic E-state index is 0.0865. The van der Waals surface area contributed by atoms with Crippen LogP contribution in [0, 0.1) is 0 Å². The van der Waals surface area contributed by atoms with Crippen LogP contribution in [0.1, 0.15) is 18.9 Å². The summed E-state index contributed by atoms with van der Waals surface area (Å²) >= 11 is 1.88. The molecule has 0 aliphatic heterocycles. The molecular formula is C17H25F3N2O3S. The van der Waals surface area contributed by atoms with Crippen molar-refractivity contribution in [1.29, 1.82) is 0 Å². The van der Waals surface area contributed by atoms with Crippen LogP contribution in [0.25, 0.3) is 0 Å². The normalized spacial score (nSPS) is 11.9. The second-order valence-corrected chi connectivity index (χ2v) is 6.46. The summed E-state index contributed by atoms with van der Waals surface area (Å²) in [7, 11) is 1.83. The van der Waals surface area contributed by atoms with Gasteiger partial charge in [-0.2, -0.15) is 24.9 Å². The first kappa shape index (κ1) is 24.3. The topological polar surface area (TPSA) is 78.4 Å². The Morgan fingerprint density at radius 3 is 2.23 bits per heavy atom. The van der Waals surface area contributed by atoms with Crippen molar-refractivity contribution in [3.8, 4) is 0 Å². The van der Waals surface area contributed by atoms with Gasteiger partial charge in [-0.1, -0.05) is 37.3 Å². The third-order valence-corrected chi connectivity index (χ3v) is 4.27. The van der Waals surface area contributed by atoms with Crippen LogP contribution in [-0.4, -0.2) is 54.3 Å². The van der Waals surface area contributed by atoms with E-state index in [1.165, 1.54) is 12.0 Å². The lowest BCUT2D eigenvalue weighted by molar-refractivity contribution is -0.192. The minimum Gasteiger partial charge on any atom is -0.475 e. The molecule has 1 aromatic rings. The fourth-order valence-electron chi connectivity index (χ4n) is 1.79. The van der Waals surface area contributed by atoms with Gasteiger partial charge in [0.2, 0.25) is 5.91 Å². The van der Waals surface area contributed by atoms with Crippen LogP contribution in [0.2, 0.25) is 0 Å². The maximum atomic E-state index is 12.0. The maximum absolute atomic E-state index is 12.0. The van der Waals surface area contributed by atoms with E-state index in [4.69, 9.17) is 9.90 Å². The number of thioether (sulfide) groups is 1. The highest BCUT2D eigenvalue weighted by molar-refractivity contribution is 7.99. The first-order chi connectivity index (χ1) is 12.2. The fraction of sp³-hybridized carbons (Fsp3) is 0.529. The number of rotatable bonds is 9. The molecule has 0 heterocycles. The molecule has 0 aromatic heterocycles. The standard InChI is InChI=1S/C15H24N2OS.C2HF3O2/c1-3-10-19-11-9-17-15(18)14(16-2)12-13-7-5-4-6-8-13;3-2(4,5)1(6)7/h4-8,14,16H,3,9-12H2,1-2H3,(H,17,18);(H,6,7)/t14-;/m0./s1. The zero-order chi connectivity index (χ0) is 20.0. The third kappa shape index (κ3) is 11.8. The molecule has 0 bridgehead atoms. The highest BCUT2D eigenvalue weighted by Crippen LogP contribution is 2.13. The zero-order valence-corrected chi connectivity index (χ0v) is 15.6. The van der Waals surface area contributed by atoms with E-state index in [0.29, 0.717) is 0 Å². The summed E-state index contributed by atoms with van der Waals surface area (Å²) in [6.07, 6.45) is -3.17. The van der Waals surface area contributed by atoms with Crippen molar-refractivity contribution >= 4 is 23.6 Å². The molecule has 3 N–H and O–H groups in total. The quantitative estimate of drug-likeness (QED) is 0.562. The fourth-order valence-corrected chi connectivity index (χ4v) is 2.53. The Kier molecular flexibility index (Phi) is 12.6. The summed E-state index contributed by atoms with van der Waals surface area (Å²) in [5.74, 6) is -0.521. The number of nitrogens with one attached hydrogen (secondary N) is 2. The van der Waals surface area contributed by atoms with Gasteiger partial charge in [-0.3, -0.25) is 4.79 Å². The molecule has 148 valence electrons. The van der Waals surface area contributed by atoms with Crippen LogP contribution in [0.3, 0.4) is 0 Å². The van der Waals surface area contributed by atoms with Crippen LogP contribution >= 0.6 is 11.8 Å². The van der Waals surface area contributed by atoms with Gasteiger partial charge in [0.1, 0.15) is 0 Å². The second-order valence-electron chi connectivity index (χ2n) is 5.24. The molecule has 9 heteroatoms. The number of likely N-dealkylation sites (N-methyl/N-ethyl adjacent to an activating group) is 1. The number of hydrogen-bond acceptors (Lipinski definition) is 4. The molecular weight excluding hydrogens is 369 g/mol. The lowest BCUT2D eigenvalue weighted by Gasteiger charge is -2.16. The molecule has 26 heavy (non-hydrogen) atoms. The van der Waals surface area contributed by atoms with Gasteiger partial charge in [0.15, 0.2) is 0 Å². The van der Waals surface area contributed by atoms with Gasteiger partial charge >= 0.3 is 12.1 Å². The number of benzene rings is 1. The zero-order valence-electron chi connectivity index (χ0n) is 14.8. The molecule has 1 aromatic carbocycles. The molecule has 0 unspecified atom stereocenters. The van der Waals surface area contributed by atoms with Crippen LogP contribution in [0.4, 0.5) is 13.2 Å². The van der Waals surface area contributed by atoms with E-state index >= 15 is 0 Å². The van der Waals surface area contributed by atoms with E-state index in [-0.39, 0.29) is 11.9 Å². The Balaban J connectivity index is 0.000000758. The molecule has 0 aliphatic rings. The number of halogens is 3. The molecule has 0 saturated heterocycles. The lowest BCUT2D eigenvalue weighted by atomic mass is 10.1. The number of aliphatic carboxylic acids is 1. The van der Waals surface area contributed by atoms with Gasteiger partial charge in [0, 0.05) is 12.3 Å². The van der Waals surface area contributed by atoms with Crippen molar-refractivity contribution in [2.24, 2.45) is 0 Å². The first-order valence-corrected chi connectivity index (χ1v) is 9.24. The Labute approximate surface area is 155 Å². The number of carbonyl (C=O) groups excluding carboxylic acids is 1. The van der Waals surface area contributed by atoms with Gasteiger partial charge in [-0.15, -0.1) is 0 Å². The average Bonchev–Trinajstić information content (AvgIpc) is 2.60. The number of carboxylic acids is 1. The molecule has 5 nitrogen and oxygen atoms in total. The van der Waals surface area contributed by atoms with E-state index in [1.807, 2.05) is 37.0 Å². The summed E-state index contributed by atoms with van der Waals surface area (Å²) in [4.78, 5) is 20.9. The molecule has 0 radical (unpaired) electrons. The Bertz CT molecular complexity index is 528. The number of hydrogen-bond donors (Lipinski definition) is 3. The van der Waals surface area contributed by atoms with Crippen molar-refractivity contribution in [1.82, 2.24) is 10.6 Å². The second kappa shape index (κ2) is 13.5. The Morgan fingerprint density at radius 2 is 1.77 bits per heavy atom. The monoisotopic (exact) mass is 394 g/mol. The lowest BCUT2D eigenvalue weighted by Crippen LogP contribution is -2.44. The van der Waals surface area contributed by atoms with Crippen molar-refractivity contribution in [2.75, 3.05) is 25.1 Å². The van der Waals surface area contributed by atoms with Crippen LogP contribution in [-0.2, 0) is 16.0 Å². The van der Waals surface area contributed by atoms with E-state index in [1.54, 1.807) is 0 Å². The summed E-state index contributed by atoms with van der Waals surface area (Å²) < 4.78 is 31.7. The number of carbonyl (C=O) groups is 2. The van der Waals surface area contributed by atoms with Crippen molar-refractivity contribution in [2.45, 2.75) is 32.0 Å². The Morgan fingerprint density at radius 1 is 1.19 bits per heavy atom. The van der Waals surface area contributed by atoms with Crippen molar-refractivity contribution < 1.29 is 27.9 Å². The van der Waals surface area contributed by atoms with Crippen LogP contribution < -0.4 is 10.6 Å².